The molecule has 0 bridgehead atoms. The van der Waals surface area contributed by atoms with E-state index in [1.165, 1.54) is 6.33 Å². The molecule has 0 aliphatic heterocycles. The van der Waals surface area contributed by atoms with Crippen molar-refractivity contribution in [1.82, 2.24) is 15.2 Å². The topological polar surface area (TPSA) is 101 Å². The third-order valence-electron chi connectivity index (χ3n) is 3.92. The highest BCUT2D eigenvalue weighted by Gasteiger charge is 2.16. The van der Waals surface area contributed by atoms with E-state index in [0.717, 1.165) is 15.6 Å². The molecule has 1 amide bonds. The minimum absolute atomic E-state index is 0.157. The van der Waals surface area contributed by atoms with Crippen LogP contribution in [0.1, 0.15) is 11.1 Å². The molecule has 0 fully saturated rings. The molecule has 3 aromatic rings. The van der Waals surface area contributed by atoms with E-state index < -0.39 is 0 Å². The third kappa shape index (κ3) is 5.01. The zero-order valence-corrected chi connectivity index (χ0v) is 17.0. The lowest BCUT2D eigenvalue weighted by atomic mass is 10.2. The standard InChI is InChI=1S/C19H20BrN5O3/c1-12-3-5-13(6-4-12)24-17(26)10-28-18-14(9-21-19-22-11-23-25-19)15(20)7-8-16(18)27-2/h3-8,11H,9-10H2,1-2H3,(H,24,26)(H2,21,22,23,25). The fraction of sp³-hybridized carbons (Fsp3) is 0.211. The van der Waals surface area contributed by atoms with Crippen LogP contribution in [0, 0.1) is 6.92 Å². The van der Waals surface area contributed by atoms with Crippen LogP contribution in [0.15, 0.2) is 47.2 Å². The highest BCUT2D eigenvalue weighted by Crippen LogP contribution is 2.36. The van der Waals surface area contributed by atoms with Crippen LogP contribution >= 0.6 is 15.9 Å². The predicted octanol–water partition coefficient (Wildman–Crippen LogP) is 3.51. The maximum atomic E-state index is 12.3. The number of hydrogen-bond donors (Lipinski definition) is 3. The minimum atomic E-state index is -0.264. The maximum Gasteiger partial charge on any atom is 0.262 e. The van der Waals surface area contributed by atoms with Crippen LogP contribution in [0.2, 0.25) is 0 Å². The number of methoxy groups -OCH3 is 1. The summed E-state index contributed by atoms with van der Waals surface area (Å²) in [5.41, 5.74) is 2.63. The van der Waals surface area contributed by atoms with Gasteiger partial charge in [-0.2, -0.15) is 5.10 Å². The minimum Gasteiger partial charge on any atom is -0.493 e. The van der Waals surface area contributed by atoms with Gasteiger partial charge in [0.1, 0.15) is 6.33 Å². The van der Waals surface area contributed by atoms with Crippen LogP contribution in [0.25, 0.3) is 0 Å². The van der Waals surface area contributed by atoms with Crippen molar-refractivity contribution >= 4 is 33.5 Å². The molecule has 2 aromatic carbocycles. The first-order valence-electron chi connectivity index (χ1n) is 8.50. The maximum absolute atomic E-state index is 12.3. The number of benzene rings is 2. The number of halogens is 1. The number of amides is 1. The fourth-order valence-electron chi connectivity index (χ4n) is 2.50. The van der Waals surface area contributed by atoms with Gasteiger partial charge in [0.2, 0.25) is 5.95 Å². The van der Waals surface area contributed by atoms with E-state index in [4.69, 9.17) is 9.47 Å². The quantitative estimate of drug-likeness (QED) is 0.490. The van der Waals surface area contributed by atoms with E-state index >= 15 is 0 Å². The van der Waals surface area contributed by atoms with Crippen molar-refractivity contribution in [1.29, 1.82) is 0 Å². The molecule has 0 saturated carbocycles. The SMILES string of the molecule is COc1ccc(Br)c(CNc2ncn[nH]2)c1OCC(=O)Nc1ccc(C)cc1. The summed E-state index contributed by atoms with van der Waals surface area (Å²) in [4.78, 5) is 16.3. The van der Waals surface area contributed by atoms with Gasteiger partial charge >= 0.3 is 0 Å². The molecule has 1 aromatic heterocycles. The summed E-state index contributed by atoms with van der Waals surface area (Å²) in [6.45, 7) is 2.22. The summed E-state index contributed by atoms with van der Waals surface area (Å²) >= 11 is 3.52. The molecule has 0 saturated heterocycles. The molecular formula is C19H20BrN5O3. The van der Waals surface area contributed by atoms with Crippen molar-refractivity contribution in [3.63, 3.8) is 0 Å². The summed E-state index contributed by atoms with van der Waals surface area (Å²) in [7, 11) is 1.55. The molecule has 9 heteroatoms. The van der Waals surface area contributed by atoms with Crippen molar-refractivity contribution in [2.75, 3.05) is 24.4 Å². The Morgan fingerprint density at radius 3 is 2.68 bits per heavy atom. The summed E-state index contributed by atoms with van der Waals surface area (Å²) in [6, 6.07) is 11.2. The average molecular weight is 446 g/mol. The molecule has 0 unspecified atom stereocenters. The lowest BCUT2D eigenvalue weighted by Crippen LogP contribution is -2.21. The van der Waals surface area contributed by atoms with Crippen LogP contribution < -0.4 is 20.1 Å². The first kappa shape index (κ1) is 19.7. The highest BCUT2D eigenvalue weighted by atomic mass is 79.9. The zero-order valence-electron chi connectivity index (χ0n) is 15.5. The second-order valence-corrected chi connectivity index (χ2v) is 6.80. The molecular weight excluding hydrogens is 426 g/mol. The monoisotopic (exact) mass is 445 g/mol. The van der Waals surface area contributed by atoms with E-state index in [0.29, 0.717) is 29.7 Å². The van der Waals surface area contributed by atoms with Gasteiger partial charge in [0.15, 0.2) is 18.1 Å². The van der Waals surface area contributed by atoms with Crippen molar-refractivity contribution in [3.05, 3.63) is 58.3 Å². The van der Waals surface area contributed by atoms with Gasteiger partial charge in [0.25, 0.3) is 5.91 Å². The van der Waals surface area contributed by atoms with Crippen molar-refractivity contribution in [2.24, 2.45) is 0 Å². The van der Waals surface area contributed by atoms with Crippen molar-refractivity contribution < 1.29 is 14.3 Å². The third-order valence-corrected chi connectivity index (χ3v) is 4.66. The number of carbonyl (C=O) groups is 1. The van der Waals surface area contributed by atoms with Crippen LogP contribution in [0.3, 0.4) is 0 Å². The van der Waals surface area contributed by atoms with Gasteiger partial charge in [-0.15, -0.1) is 0 Å². The smallest absolute Gasteiger partial charge is 0.262 e. The van der Waals surface area contributed by atoms with Crippen LogP contribution in [0.5, 0.6) is 11.5 Å². The largest absolute Gasteiger partial charge is 0.493 e. The Balaban J connectivity index is 1.71. The van der Waals surface area contributed by atoms with E-state index in [9.17, 15) is 4.79 Å². The number of aryl methyl sites for hydroxylation is 1. The van der Waals surface area contributed by atoms with Crippen LogP contribution in [-0.2, 0) is 11.3 Å². The van der Waals surface area contributed by atoms with Gasteiger partial charge < -0.3 is 20.1 Å². The number of aromatic amines is 1. The molecule has 3 N–H and O–H groups in total. The number of aromatic nitrogens is 3. The van der Waals surface area contributed by atoms with Crippen LogP contribution in [-0.4, -0.2) is 34.8 Å². The number of nitrogens with one attached hydrogen (secondary N) is 3. The summed E-state index contributed by atoms with van der Waals surface area (Å²) in [5.74, 6) is 1.27. The van der Waals surface area contributed by atoms with Gasteiger partial charge in [0, 0.05) is 22.3 Å². The van der Waals surface area contributed by atoms with Gasteiger partial charge in [-0.1, -0.05) is 33.6 Å². The Bertz CT molecular complexity index is 929. The van der Waals surface area contributed by atoms with Gasteiger partial charge in [0.05, 0.1) is 7.11 Å². The Kier molecular flexibility index (Phi) is 6.49. The molecule has 0 radical (unpaired) electrons. The number of ether oxygens (including phenoxy) is 2. The average Bonchev–Trinajstić information content (AvgIpc) is 3.21. The molecule has 146 valence electrons. The van der Waals surface area contributed by atoms with E-state index in [1.807, 2.05) is 37.3 Å². The molecule has 0 aliphatic rings. The Morgan fingerprint density at radius 2 is 2.00 bits per heavy atom. The van der Waals surface area contributed by atoms with Crippen LogP contribution in [0.4, 0.5) is 11.6 Å². The molecule has 1 heterocycles. The number of carbonyl (C=O) groups excluding carboxylic acids is 1. The molecule has 0 atom stereocenters. The Morgan fingerprint density at radius 1 is 1.21 bits per heavy atom. The summed E-state index contributed by atoms with van der Waals surface area (Å²) in [6.07, 6.45) is 1.41. The fourth-order valence-corrected chi connectivity index (χ4v) is 2.95. The molecule has 3 rings (SSSR count). The van der Waals surface area contributed by atoms with E-state index in [1.54, 1.807) is 13.2 Å². The van der Waals surface area contributed by atoms with E-state index in [-0.39, 0.29) is 12.5 Å². The van der Waals surface area contributed by atoms with Gasteiger partial charge in [-0.05, 0) is 31.2 Å². The summed E-state index contributed by atoms with van der Waals surface area (Å²) in [5, 5.41) is 12.5. The Hall–Kier alpha value is -3.07. The van der Waals surface area contributed by atoms with Crippen molar-refractivity contribution in [2.45, 2.75) is 13.5 Å². The van der Waals surface area contributed by atoms with Crippen molar-refractivity contribution in [3.8, 4) is 11.5 Å². The first-order chi connectivity index (χ1) is 13.6. The first-order valence-corrected chi connectivity index (χ1v) is 9.30. The van der Waals surface area contributed by atoms with E-state index in [2.05, 4.69) is 41.7 Å². The molecule has 28 heavy (non-hydrogen) atoms. The molecule has 0 spiro atoms. The zero-order chi connectivity index (χ0) is 19.9. The highest BCUT2D eigenvalue weighted by molar-refractivity contribution is 9.10. The van der Waals surface area contributed by atoms with Gasteiger partial charge in [-0.25, -0.2) is 10.1 Å². The lowest BCUT2D eigenvalue weighted by Gasteiger charge is -2.17. The number of anilines is 2. The molecule has 8 nitrogen and oxygen atoms in total. The number of rotatable bonds is 8. The normalized spacial score (nSPS) is 10.4. The van der Waals surface area contributed by atoms with Gasteiger partial charge in [-0.3, -0.25) is 4.79 Å². The number of nitrogens with zero attached hydrogens (tertiary/aromatic N) is 2. The second-order valence-electron chi connectivity index (χ2n) is 5.95. The number of H-pyrrole nitrogens is 1. The summed E-state index contributed by atoms with van der Waals surface area (Å²) < 4.78 is 12.0. The lowest BCUT2D eigenvalue weighted by molar-refractivity contribution is -0.118. The predicted molar refractivity (Wildman–Crippen MR) is 110 cm³/mol. The molecule has 0 aliphatic carbocycles. The Labute approximate surface area is 170 Å². The number of hydrogen-bond acceptors (Lipinski definition) is 6. The second kappa shape index (κ2) is 9.23.